The molecular weight excluding hydrogens is 362 g/mol. The van der Waals surface area contributed by atoms with Gasteiger partial charge in [0.1, 0.15) is 0 Å². The maximum atomic E-state index is 12.4. The number of rotatable bonds is 5. The van der Waals surface area contributed by atoms with Crippen LogP contribution < -0.4 is 0 Å². The van der Waals surface area contributed by atoms with Gasteiger partial charge in [-0.05, 0) is 47.5 Å². The van der Waals surface area contributed by atoms with Crippen LogP contribution in [0.25, 0.3) is 5.69 Å². The molecule has 0 unspecified atom stereocenters. The lowest BCUT2D eigenvalue weighted by Crippen LogP contribution is -2.40. The summed E-state index contributed by atoms with van der Waals surface area (Å²) in [5.41, 5.74) is 0.795. The highest BCUT2D eigenvalue weighted by Gasteiger charge is 2.30. The Bertz CT molecular complexity index is 930. The number of ether oxygens (including phenoxy) is 1. The molecule has 0 N–H and O–H groups in total. The standard InChI is InChI=1S/C19H19N5O4/c25-18(16-7-4-12-27-16)23-10-8-14(9-11-23)19(26)28-13-17-20-21-22-24(17)15-5-2-1-3-6-15/h1-7,12,14H,8-11,13H2. The minimum absolute atomic E-state index is 0.00767. The number of furan rings is 1. The zero-order valence-electron chi connectivity index (χ0n) is 15.1. The molecule has 1 aliphatic rings. The molecule has 2 aromatic heterocycles. The Morgan fingerprint density at radius 3 is 2.61 bits per heavy atom. The van der Waals surface area contributed by atoms with Crippen LogP contribution in [0.2, 0.25) is 0 Å². The van der Waals surface area contributed by atoms with Crippen molar-refractivity contribution in [3.63, 3.8) is 0 Å². The fourth-order valence-electron chi connectivity index (χ4n) is 3.19. The number of hydrogen-bond acceptors (Lipinski definition) is 7. The summed E-state index contributed by atoms with van der Waals surface area (Å²) in [4.78, 5) is 26.4. The molecule has 4 rings (SSSR count). The van der Waals surface area contributed by atoms with E-state index in [1.165, 1.54) is 10.9 Å². The van der Waals surface area contributed by atoms with Crippen LogP contribution in [0.5, 0.6) is 0 Å². The summed E-state index contributed by atoms with van der Waals surface area (Å²) < 4.78 is 12.1. The molecule has 1 aromatic carbocycles. The van der Waals surface area contributed by atoms with Crippen molar-refractivity contribution in [3.8, 4) is 5.69 Å². The molecule has 0 spiro atoms. The maximum Gasteiger partial charge on any atom is 0.309 e. The van der Waals surface area contributed by atoms with Crippen LogP contribution in [-0.4, -0.2) is 50.1 Å². The van der Waals surface area contributed by atoms with Crippen molar-refractivity contribution in [3.05, 3.63) is 60.3 Å². The summed E-state index contributed by atoms with van der Waals surface area (Å²) in [5, 5.41) is 11.5. The van der Waals surface area contributed by atoms with Crippen LogP contribution >= 0.6 is 0 Å². The molecule has 9 nitrogen and oxygen atoms in total. The van der Waals surface area contributed by atoms with Crippen LogP contribution in [0.1, 0.15) is 29.2 Å². The molecule has 0 saturated carbocycles. The molecule has 0 atom stereocenters. The quantitative estimate of drug-likeness (QED) is 0.621. The summed E-state index contributed by atoms with van der Waals surface area (Å²) in [6, 6.07) is 12.7. The SMILES string of the molecule is O=C(OCc1nnnn1-c1ccccc1)C1CCN(C(=O)c2ccco2)CC1. The van der Waals surface area contributed by atoms with Crippen LogP contribution in [0, 0.1) is 5.92 Å². The van der Waals surface area contributed by atoms with Crippen molar-refractivity contribution in [1.82, 2.24) is 25.1 Å². The van der Waals surface area contributed by atoms with E-state index in [-0.39, 0.29) is 24.4 Å². The third-order valence-electron chi connectivity index (χ3n) is 4.73. The highest BCUT2D eigenvalue weighted by atomic mass is 16.5. The van der Waals surface area contributed by atoms with E-state index in [0.717, 1.165) is 5.69 Å². The molecule has 0 aliphatic carbocycles. The minimum Gasteiger partial charge on any atom is -0.459 e. The molecule has 9 heteroatoms. The average molecular weight is 381 g/mol. The van der Waals surface area contributed by atoms with E-state index in [0.29, 0.717) is 37.5 Å². The van der Waals surface area contributed by atoms with Gasteiger partial charge < -0.3 is 14.1 Å². The average Bonchev–Trinajstić information content (AvgIpc) is 3.44. The molecule has 0 radical (unpaired) electrons. The van der Waals surface area contributed by atoms with Crippen molar-refractivity contribution in [2.24, 2.45) is 5.92 Å². The van der Waals surface area contributed by atoms with E-state index in [1.807, 2.05) is 30.3 Å². The van der Waals surface area contributed by atoms with Gasteiger partial charge in [0.05, 0.1) is 17.9 Å². The monoisotopic (exact) mass is 381 g/mol. The minimum atomic E-state index is -0.298. The molecule has 0 bridgehead atoms. The molecule has 3 heterocycles. The summed E-state index contributed by atoms with van der Waals surface area (Å²) >= 11 is 0. The Morgan fingerprint density at radius 2 is 1.89 bits per heavy atom. The highest BCUT2D eigenvalue weighted by Crippen LogP contribution is 2.21. The fourth-order valence-corrected chi connectivity index (χ4v) is 3.19. The number of esters is 1. The van der Waals surface area contributed by atoms with Crippen molar-refractivity contribution in [2.45, 2.75) is 19.4 Å². The van der Waals surface area contributed by atoms with E-state index in [9.17, 15) is 9.59 Å². The second kappa shape index (κ2) is 8.03. The largest absolute Gasteiger partial charge is 0.459 e. The van der Waals surface area contributed by atoms with Gasteiger partial charge in [-0.3, -0.25) is 9.59 Å². The number of para-hydroxylation sites is 1. The summed E-state index contributed by atoms with van der Waals surface area (Å²) in [6.07, 6.45) is 2.57. The number of likely N-dealkylation sites (tertiary alicyclic amines) is 1. The van der Waals surface area contributed by atoms with Crippen molar-refractivity contribution in [2.75, 3.05) is 13.1 Å². The lowest BCUT2D eigenvalue weighted by Gasteiger charge is -2.30. The maximum absolute atomic E-state index is 12.4. The predicted octanol–water partition coefficient (Wildman–Crippen LogP) is 1.85. The van der Waals surface area contributed by atoms with E-state index in [4.69, 9.17) is 9.15 Å². The van der Waals surface area contributed by atoms with E-state index in [2.05, 4.69) is 15.5 Å². The third-order valence-corrected chi connectivity index (χ3v) is 4.73. The van der Waals surface area contributed by atoms with Gasteiger partial charge in [0.15, 0.2) is 18.2 Å². The molecule has 1 fully saturated rings. The van der Waals surface area contributed by atoms with E-state index >= 15 is 0 Å². The summed E-state index contributed by atoms with van der Waals surface area (Å²) in [7, 11) is 0. The van der Waals surface area contributed by atoms with Crippen LogP contribution in [-0.2, 0) is 16.1 Å². The lowest BCUT2D eigenvalue weighted by molar-refractivity contribution is -0.151. The van der Waals surface area contributed by atoms with Crippen molar-refractivity contribution in [1.29, 1.82) is 0 Å². The van der Waals surface area contributed by atoms with Crippen molar-refractivity contribution >= 4 is 11.9 Å². The van der Waals surface area contributed by atoms with Crippen LogP contribution in [0.15, 0.2) is 53.1 Å². The molecule has 3 aromatic rings. The number of carbonyl (C=O) groups excluding carboxylic acids is 2. The smallest absolute Gasteiger partial charge is 0.309 e. The Labute approximate surface area is 160 Å². The number of hydrogen-bond donors (Lipinski definition) is 0. The summed E-state index contributed by atoms with van der Waals surface area (Å²) in [6.45, 7) is 0.967. The fraction of sp³-hybridized carbons (Fsp3) is 0.316. The molecule has 144 valence electrons. The van der Waals surface area contributed by atoms with Gasteiger partial charge in [-0.1, -0.05) is 18.2 Å². The first-order chi connectivity index (χ1) is 13.7. The highest BCUT2D eigenvalue weighted by molar-refractivity contribution is 5.91. The second-order valence-corrected chi connectivity index (χ2v) is 6.49. The number of aromatic nitrogens is 4. The molecule has 1 aliphatic heterocycles. The molecule has 1 amide bonds. The normalized spacial score (nSPS) is 14.8. The van der Waals surface area contributed by atoms with Gasteiger partial charge in [0.25, 0.3) is 5.91 Å². The number of benzene rings is 1. The zero-order valence-corrected chi connectivity index (χ0v) is 15.1. The first kappa shape index (κ1) is 17.9. The number of carbonyl (C=O) groups is 2. The van der Waals surface area contributed by atoms with Crippen molar-refractivity contribution < 1.29 is 18.7 Å². The Morgan fingerprint density at radius 1 is 1.11 bits per heavy atom. The van der Waals surface area contributed by atoms with E-state index in [1.54, 1.807) is 17.0 Å². The number of piperidine rings is 1. The third kappa shape index (κ3) is 3.78. The molecular formula is C19H19N5O4. The Kier molecular flexibility index (Phi) is 5.14. The number of amides is 1. The number of tetrazole rings is 1. The molecule has 1 saturated heterocycles. The number of nitrogens with zero attached hydrogens (tertiary/aromatic N) is 5. The van der Waals surface area contributed by atoms with Gasteiger partial charge >= 0.3 is 5.97 Å². The van der Waals surface area contributed by atoms with Gasteiger partial charge in [0.2, 0.25) is 0 Å². The van der Waals surface area contributed by atoms with Gasteiger partial charge in [-0.15, -0.1) is 5.10 Å². The first-order valence-corrected chi connectivity index (χ1v) is 9.04. The first-order valence-electron chi connectivity index (χ1n) is 9.04. The van der Waals surface area contributed by atoms with Gasteiger partial charge in [-0.25, -0.2) is 0 Å². The summed E-state index contributed by atoms with van der Waals surface area (Å²) in [5.74, 6) is 0.0621. The Hall–Kier alpha value is -3.49. The van der Waals surface area contributed by atoms with Crippen LogP contribution in [0.3, 0.4) is 0 Å². The predicted molar refractivity (Wildman–Crippen MR) is 96.3 cm³/mol. The Balaban J connectivity index is 1.30. The van der Waals surface area contributed by atoms with Gasteiger partial charge in [-0.2, -0.15) is 4.68 Å². The second-order valence-electron chi connectivity index (χ2n) is 6.49. The molecule has 28 heavy (non-hydrogen) atoms. The van der Waals surface area contributed by atoms with Gasteiger partial charge in [0, 0.05) is 13.1 Å². The van der Waals surface area contributed by atoms with Crippen LogP contribution in [0.4, 0.5) is 0 Å². The topological polar surface area (TPSA) is 103 Å². The zero-order chi connectivity index (χ0) is 19.3. The van der Waals surface area contributed by atoms with E-state index < -0.39 is 0 Å². The lowest BCUT2D eigenvalue weighted by atomic mass is 9.97.